The Morgan fingerprint density at radius 2 is 2.20 bits per heavy atom. The zero-order chi connectivity index (χ0) is 11.2. The standard InChI is InChI=1S/C12H18BNO/c1-8-4-5-10-9(7-12(8,2)13)6-11(15)14(10)3/h8H,4-7H2,1-3H3. The predicted octanol–water partition coefficient (Wildman–Crippen LogP) is 2.27. The molecule has 0 fully saturated rings. The minimum Gasteiger partial charge on any atom is -0.319 e. The third kappa shape index (κ3) is 1.73. The molecule has 0 saturated heterocycles. The quantitative estimate of drug-likeness (QED) is 0.553. The Kier molecular flexibility index (Phi) is 2.44. The number of nitrogens with zero attached hydrogens (tertiary/aromatic N) is 1. The van der Waals surface area contributed by atoms with Gasteiger partial charge in [-0.15, -0.1) is 0 Å². The van der Waals surface area contributed by atoms with Crippen LogP contribution in [0.5, 0.6) is 0 Å². The second kappa shape index (κ2) is 3.39. The van der Waals surface area contributed by atoms with Crippen molar-refractivity contribution in [2.75, 3.05) is 7.05 Å². The van der Waals surface area contributed by atoms with E-state index in [1.165, 1.54) is 11.3 Å². The highest BCUT2D eigenvalue weighted by molar-refractivity contribution is 6.15. The number of carbonyl (C=O) groups excluding carboxylic acids is 1. The highest BCUT2D eigenvalue weighted by Gasteiger charge is 2.36. The van der Waals surface area contributed by atoms with Gasteiger partial charge in [0.05, 0.1) is 14.3 Å². The van der Waals surface area contributed by atoms with E-state index in [-0.39, 0.29) is 11.2 Å². The van der Waals surface area contributed by atoms with E-state index in [9.17, 15) is 4.79 Å². The molecule has 2 rings (SSSR count). The number of hydrogen-bond acceptors (Lipinski definition) is 1. The Hall–Kier alpha value is -0.725. The predicted molar refractivity (Wildman–Crippen MR) is 61.5 cm³/mol. The van der Waals surface area contributed by atoms with Crippen molar-refractivity contribution in [3.8, 4) is 0 Å². The molecule has 0 bridgehead atoms. The van der Waals surface area contributed by atoms with Gasteiger partial charge >= 0.3 is 0 Å². The summed E-state index contributed by atoms with van der Waals surface area (Å²) in [5.41, 5.74) is 2.51. The van der Waals surface area contributed by atoms with Gasteiger partial charge in [0.25, 0.3) is 0 Å². The summed E-state index contributed by atoms with van der Waals surface area (Å²) in [6, 6.07) is 0. The molecule has 2 nitrogen and oxygen atoms in total. The Morgan fingerprint density at radius 1 is 1.53 bits per heavy atom. The molecular weight excluding hydrogens is 185 g/mol. The summed E-state index contributed by atoms with van der Waals surface area (Å²) in [6.07, 6.45) is 3.56. The van der Waals surface area contributed by atoms with Crippen molar-refractivity contribution in [1.29, 1.82) is 0 Å². The minimum absolute atomic E-state index is 0.150. The zero-order valence-corrected chi connectivity index (χ0v) is 9.84. The molecule has 3 heteroatoms. The van der Waals surface area contributed by atoms with Crippen LogP contribution in [0.1, 0.15) is 39.5 Å². The van der Waals surface area contributed by atoms with E-state index >= 15 is 0 Å². The van der Waals surface area contributed by atoms with Crippen LogP contribution in [0.3, 0.4) is 0 Å². The van der Waals surface area contributed by atoms with E-state index in [1.54, 1.807) is 0 Å². The van der Waals surface area contributed by atoms with Crippen LogP contribution in [0.15, 0.2) is 11.3 Å². The average Bonchev–Trinajstić information content (AvgIpc) is 2.32. The maximum atomic E-state index is 11.6. The molecule has 0 aromatic carbocycles. The molecule has 0 N–H and O–H groups in total. The van der Waals surface area contributed by atoms with E-state index < -0.39 is 0 Å². The van der Waals surface area contributed by atoms with Crippen LogP contribution >= 0.6 is 0 Å². The van der Waals surface area contributed by atoms with E-state index in [1.807, 2.05) is 11.9 Å². The first-order valence-corrected chi connectivity index (χ1v) is 5.68. The molecule has 0 saturated carbocycles. The average molecular weight is 203 g/mol. The Balaban J connectivity index is 2.28. The summed E-state index contributed by atoms with van der Waals surface area (Å²) in [5.74, 6) is 0.747. The molecule has 1 aliphatic carbocycles. The monoisotopic (exact) mass is 203 g/mol. The number of allylic oxidation sites excluding steroid dienone is 1. The number of amides is 1. The maximum absolute atomic E-state index is 11.6. The van der Waals surface area contributed by atoms with Gasteiger partial charge in [0.15, 0.2) is 0 Å². The van der Waals surface area contributed by atoms with Gasteiger partial charge in [-0.3, -0.25) is 4.79 Å². The fourth-order valence-electron chi connectivity index (χ4n) is 2.62. The molecule has 2 atom stereocenters. The summed E-state index contributed by atoms with van der Waals surface area (Å²) in [5, 5.41) is -0.150. The topological polar surface area (TPSA) is 20.3 Å². The van der Waals surface area contributed by atoms with Gasteiger partial charge < -0.3 is 4.90 Å². The largest absolute Gasteiger partial charge is 0.319 e. The van der Waals surface area contributed by atoms with Gasteiger partial charge in [0.1, 0.15) is 0 Å². The Bertz CT molecular complexity index is 333. The molecule has 2 radical (unpaired) electrons. The van der Waals surface area contributed by atoms with Gasteiger partial charge in [-0.25, -0.2) is 0 Å². The molecule has 0 spiro atoms. The second-order valence-electron chi connectivity index (χ2n) is 5.30. The van der Waals surface area contributed by atoms with Crippen LogP contribution in [-0.4, -0.2) is 25.7 Å². The van der Waals surface area contributed by atoms with Crippen molar-refractivity contribution < 1.29 is 4.79 Å². The van der Waals surface area contributed by atoms with Crippen LogP contribution in [0.4, 0.5) is 0 Å². The third-order valence-corrected chi connectivity index (χ3v) is 4.09. The Labute approximate surface area is 93.1 Å². The SMILES string of the molecule is [B]C1(C)CC2=C(CCC1C)N(C)C(=O)C2. The highest BCUT2D eigenvalue weighted by Crippen LogP contribution is 2.47. The van der Waals surface area contributed by atoms with Gasteiger partial charge in [0, 0.05) is 12.7 Å². The van der Waals surface area contributed by atoms with Crippen molar-refractivity contribution in [2.45, 2.75) is 44.8 Å². The normalized spacial score (nSPS) is 36.9. The van der Waals surface area contributed by atoms with E-state index in [2.05, 4.69) is 13.8 Å². The molecular formula is C12H18BNO. The van der Waals surface area contributed by atoms with Gasteiger partial charge in [0.2, 0.25) is 5.91 Å². The van der Waals surface area contributed by atoms with Gasteiger partial charge in [-0.05, 0) is 30.8 Å². The fourth-order valence-corrected chi connectivity index (χ4v) is 2.62. The van der Waals surface area contributed by atoms with E-state index in [4.69, 9.17) is 7.85 Å². The molecule has 1 aliphatic heterocycles. The van der Waals surface area contributed by atoms with Gasteiger partial charge in [-0.2, -0.15) is 0 Å². The lowest BCUT2D eigenvalue weighted by Crippen LogP contribution is -2.21. The maximum Gasteiger partial charge on any atom is 0.230 e. The van der Waals surface area contributed by atoms with Crippen molar-refractivity contribution >= 4 is 13.8 Å². The first kappa shape index (κ1) is 10.8. The molecule has 1 heterocycles. The molecule has 15 heavy (non-hydrogen) atoms. The van der Waals surface area contributed by atoms with Crippen molar-refractivity contribution in [3.63, 3.8) is 0 Å². The molecule has 80 valence electrons. The smallest absolute Gasteiger partial charge is 0.230 e. The number of carbonyl (C=O) groups is 1. The van der Waals surface area contributed by atoms with Crippen LogP contribution in [0.2, 0.25) is 5.31 Å². The molecule has 1 amide bonds. The summed E-state index contributed by atoms with van der Waals surface area (Å²) in [4.78, 5) is 13.4. The zero-order valence-electron chi connectivity index (χ0n) is 9.84. The lowest BCUT2D eigenvalue weighted by molar-refractivity contribution is -0.126. The van der Waals surface area contributed by atoms with Gasteiger partial charge in [-0.1, -0.05) is 19.2 Å². The van der Waals surface area contributed by atoms with E-state index in [0.29, 0.717) is 12.3 Å². The summed E-state index contributed by atoms with van der Waals surface area (Å²) >= 11 is 0. The lowest BCUT2D eigenvalue weighted by atomic mass is 9.59. The fraction of sp³-hybridized carbons (Fsp3) is 0.750. The van der Waals surface area contributed by atoms with Crippen molar-refractivity contribution in [1.82, 2.24) is 4.90 Å². The second-order valence-corrected chi connectivity index (χ2v) is 5.30. The van der Waals surface area contributed by atoms with Crippen LogP contribution in [0.25, 0.3) is 0 Å². The number of rotatable bonds is 0. The van der Waals surface area contributed by atoms with Crippen molar-refractivity contribution in [3.05, 3.63) is 11.3 Å². The summed E-state index contributed by atoms with van der Waals surface area (Å²) < 4.78 is 0. The first-order chi connectivity index (χ1) is 6.92. The minimum atomic E-state index is -0.150. The summed E-state index contributed by atoms with van der Waals surface area (Å²) in [7, 11) is 8.19. The molecule has 0 aromatic rings. The van der Waals surface area contributed by atoms with Crippen LogP contribution in [0, 0.1) is 5.92 Å². The molecule has 2 unspecified atom stereocenters. The first-order valence-electron chi connectivity index (χ1n) is 5.68. The summed E-state index contributed by atoms with van der Waals surface area (Å²) in [6.45, 7) is 4.32. The molecule has 0 aromatic heterocycles. The van der Waals surface area contributed by atoms with E-state index in [0.717, 1.165) is 19.3 Å². The lowest BCUT2D eigenvalue weighted by Gasteiger charge is -2.31. The third-order valence-electron chi connectivity index (χ3n) is 4.09. The number of hydrogen-bond donors (Lipinski definition) is 0. The molecule has 2 aliphatic rings. The van der Waals surface area contributed by atoms with Crippen LogP contribution < -0.4 is 0 Å². The highest BCUT2D eigenvalue weighted by atomic mass is 16.2. The van der Waals surface area contributed by atoms with Crippen molar-refractivity contribution in [2.24, 2.45) is 5.92 Å². The Morgan fingerprint density at radius 3 is 2.87 bits per heavy atom. The van der Waals surface area contributed by atoms with Crippen LogP contribution in [-0.2, 0) is 4.79 Å².